The van der Waals surface area contributed by atoms with Gasteiger partial charge in [-0.1, -0.05) is 26.0 Å². The van der Waals surface area contributed by atoms with Crippen LogP contribution in [0.3, 0.4) is 0 Å². The van der Waals surface area contributed by atoms with E-state index in [-0.39, 0.29) is 10.5 Å². The average Bonchev–Trinajstić information content (AvgIpc) is 2.50. The van der Waals surface area contributed by atoms with Crippen LogP contribution in [-0.4, -0.2) is 39.3 Å². The van der Waals surface area contributed by atoms with Crippen molar-refractivity contribution >= 4 is 15.7 Å². The Morgan fingerprint density at radius 3 is 2.39 bits per heavy atom. The fraction of sp³-hybridized carbons (Fsp3) is 0.588. The van der Waals surface area contributed by atoms with Crippen molar-refractivity contribution in [3.8, 4) is 0 Å². The van der Waals surface area contributed by atoms with Crippen LogP contribution in [0.5, 0.6) is 0 Å². The average molecular weight is 341 g/mol. The molecule has 0 aliphatic rings. The maximum absolute atomic E-state index is 12.3. The van der Waals surface area contributed by atoms with E-state index in [1.807, 2.05) is 0 Å². The number of hydrogen-bond acceptors (Lipinski definition) is 4. The van der Waals surface area contributed by atoms with Crippen molar-refractivity contribution in [3.05, 3.63) is 29.8 Å². The number of sulfone groups is 1. The lowest BCUT2D eigenvalue weighted by atomic mass is 10.1. The van der Waals surface area contributed by atoms with Gasteiger partial charge in [-0.05, 0) is 38.3 Å². The molecule has 0 aromatic heterocycles. The smallest absolute Gasteiger partial charge is 0.252 e. The molecule has 130 valence electrons. The summed E-state index contributed by atoms with van der Waals surface area (Å²) in [5.41, 5.74) is 0.184. The summed E-state index contributed by atoms with van der Waals surface area (Å²) in [5.74, 6) is 0.190. The minimum atomic E-state index is -3.49. The molecule has 0 bridgehead atoms. The van der Waals surface area contributed by atoms with Gasteiger partial charge < -0.3 is 10.1 Å². The molecule has 1 aromatic rings. The molecule has 5 nitrogen and oxygen atoms in total. The summed E-state index contributed by atoms with van der Waals surface area (Å²) in [6.45, 7) is 8.88. The van der Waals surface area contributed by atoms with Gasteiger partial charge in [0, 0.05) is 13.2 Å². The number of amides is 1. The fourth-order valence-electron chi connectivity index (χ4n) is 1.91. The lowest BCUT2D eigenvalue weighted by Crippen LogP contribution is -2.29. The van der Waals surface area contributed by atoms with Gasteiger partial charge >= 0.3 is 0 Å². The van der Waals surface area contributed by atoms with Crippen LogP contribution in [0.15, 0.2) is 29.2 Å². The molecular weight excluding hydrogens is 314 g/mol. The number of carbonyl (C=O) groups excluding carboxylic acids is 1. The van der Waals surface area contributed by atoms with Crippen molar-refractivity contribution in [3.63, 3.8) is 0 Å². The first-order valence-electron chi connectivity index (χ1n) is 7.95. The van der Waals surface area contributed by atoms with Gasteiger partial charge in [0.15, 0.2) is 9.84 Å². The number of rotatable bonds is 9. The summed E-state index contributed by atoms with van der Waals surface area (Å²) in [5, 5.41) is 2.14. The van der Waals surface area contributed by atoms with E-state index in [4.69, 9.17) is 4.74 Å². The first kappa shape index (κ1) is 19.6. The predicted molar refractivity (Wildman–Crippen MR) is 91.4 cm³/mol. The molecule has 0 radical (unpaired) electrons. The molecule has 1 amide bonds. The van der Waals surface area contributed by atoms with Crippen molar-refractivity contribution in [2.24, 2.45) is 5.92 Å². The quantitative estimate of drug-likeness (QED) is 0.701. The van der Waals surface area contributed by atoms with Crippen molar-refractivity contribution in [2.45, 2.75) is 44.3 Å². The lowest BCUT2D eigenvalue weighted by molar-refractivity contribution is 0.0903. The Morgan fingerprint density at radius 1 is 1.13 bits per heavy atom. The second-order valence-corrected chi connectivity index (χ2v) is 8.61. The lowest BCUT2D eigenvalue weighted by Gasteiger charge is -2.13. The molecule has 1 aromatic carbocycles. The van der Waals surface area contributed by atoms with Crippen molar-refractivity contribution in [1.82, 2.24) is 5.32 Å². The predicted octanol–water partition coefficient (Wildman–Crippen LogP) is 2.66. The molecule has 0 spiro atoms. The van der Waals surface area contributed by atoms with Gasteiger partial charge in [0.25, 0.3) is 5.91 Å². The highest BCUT2D eigenvalue weighted by molar-refractivity contribution is 7.92. The van der Waals surface area contributed by atoms with E-state index in [0.717, 1.165) is 6.42 Å². The molecule has 1 rings (SSSR count). The van der Waals surface area contributed by atoms with Crippen LogP contribution < -0.4 is 5.32 Å². The van der Waals surface area contributed by atoms with Crippen molar-refractivity contribution in [1.29, 1.82) is 0 Å². The number of nitrogens with one attached hydrogen (secondary N) is 1. The molecule has 0 saturated carbocycles. The minimum Gasteiger partial charge on any atom is -0.380 e. The zero-order valence-electron chi connectivity index (χ0n) is 14.3. The van der Waals surface area contributed by atoms with Gasteiger partial charge in [-0.25, -0.2) is 8.42 Å². The van der Waals surface area contributed by atoms with E-state index in [0.29, 0.717) is 25.7 Å². The largest absolute Gasteiger partial charge is 0.380 e. The summed E-state index contributed by atoms with van der Waals surface area (Å²) in [6.07, 6.45) is 0.976. The first-order chi connectivity index (χ1) is 10.8. The fourth-order valence-corrected chi connectivity index (χ4v) is 3.15. The molecule has 0 heterocycles. The van der Waals surface area contributed by atoms with Gasteiger partial charge in [-0.2, -0.15) is 0 Å². The first-order valence-corrected chi connectivity index (χ1v) is 9.50. The Hall–Kier alpha value is -1.40. The van der Waals surface area contributed by atoms with Crippen molar-refractivity contribution < 1.29 is 17.9 Å². The second kappa shape index (κ2) is 9.03. The van der Waals surface area contributed by atoms with Gasteiger partial charge in [-0.3, -0.25) is 4.79 Å². The second-order valence-electron chi connectivity index (χ2n) is 6.14. The molecule has 0 aliphatic heterocycles. The van der Waals surface area contributed by atoms with Crippen LogP contribution in [-0.2, 0) is 14.6 Å². The van der Waals surface area contributed by atoms with E-state index < -0.39 is 21.0 Å². The maximum atomic E-state index is 12.3. The van der Waals surface area contributed by atoms with Crippen LogP contribution in [0.2, 0.25) is 0 Å². The molecule has 23 heavy (non-hydrogen) atoms. The highest BCUT2D eigenvalue weighted by Gasteiger charge is 2.24. The Labute approximate surface area is 139 Å². The van der Waals surface area contributed by atoms with Crippen LogP contribution in [0, 0.1) is 5.92 Å². The SMILES string of the molecule is CC(C)CCOCCNC(=O)c1ccccc1S(=O)(=O)C(C)C. The summed E-state index contributed by atoms with van der Waals surface area (Å²) in [7, 11) is -3.49. The van der Waals surface area contributed by atoms with E-state index in [1.165, 1.54) is 12.1 Å². The Balaban J connectivity index is 2.64. The normalized spacial score (nSPS) is 11.9. The van der Waals surface area contributed by atoms with Gasteiger partial charge in [0.2, 0.25) is 0 Å². The minimum absolute atomic E-state index is 0.0771. The summed E-state index contributed by atoms with van der Waals surface area (Å²) in [6, 6.07) is 6.29. The Bertz CT molecular complexity index is 609. The zero-order chi connectivity index (χ0) is 17.5. The van der Waals surface area contributed by atoms with Gasteiger partial charge in [0.1, 0.15) is 0 Å². The highest BCUT2D eigenvalue weighted by Crippen LogP contribution is 2.20. The third-order valence-corrected chi connectivity index (χ3v) is 5.64. The highest BCUT2D eigenvalue weighted by atomic mass is 32.2. The standard InChI is InChI=1S/C17H27NO4S/c1-13(2)9-11-22-12-10-18-17(19)15-7-5-6-8-16(15)23(20,21)14(3)4/h5-8,13-14H,9-12H2,1-4H3,(H,18,19). The van der Waals surface area contributed by atoms with E-state index in [2.05, 4.69) is 19.2 Å². The van der Waals surface area contributed by atoms with Crippen molar-refractivity contribution in [2.75, 3.05) is 19.8 Å². The van der Waals surface area contributed by atoms with Crippen LogP contribution in [0.25, 0.3) is 0 Å². The van der Waals surface area contributed by atoms with Gasteiger partial charge in [0.05, 0.1) is 22.3 Å². The molecule has 0 aliphatic carbocycles. The molecule has 0 fully saturated rings. The van der Waals surface area contributed by atoms with Crippen LogP contribution >= 0.6 is 0 Å². The number of carbonyl (C=O) groups is 1. The monoisotopic (exact) mass is 341 g/mol. The molecule has 0 atom stereocenters. The zero-order valence-corrected chi connectivity index (χ0v) is 15.2. The molecule has 1 N–H and O–H groups in total. The number of hydrogen-bond donors (Lipinski definition) is 1. The van der Waals surface area contributed by atoms with Crippen LogP contribution in [0.4, 0.5) is 0 Å². The Morgan fingerprint density at radius 2 is 1.78 bits per heavy atom. The topological polar surface area (TPSA) is 72.5 Å². The van der Waals surface area contributed by atoms with E-state index in [9.17, 15) is 13.2 Å². The maximum Gasteiger partial charge on any atom is 0.252 e. The Kier molecular flexibility index (Phi) is 7.72. The molecular formula is C17H27NO4S. The van der Waals surface area contributed by atoms with E-state index in [1.54, 1.807) is 26.0 Å². The van der Waals surface area contributed by atoms with E-state index >= 15 is 0 Å². The number of benzene rings is 1. The summed E-state index contributed by atoms with van der Waals surface area (Å²) >= 11 is 0. The molecule has 0 unspecified atom stereocenters. The molecule has 6 heteroatoms. The van der Waals surface area contributed by atoms with Gasteiger partial charge in [-0.15, -0.1) is 0 Å². The summed E-state index contributed by atoms with van der Waals surface area (Å²) in [4.78, 5) is 12.3. The molecule has 0 saturated heterocycles. The van der Waals surface area contributed by atoms with Crippen LogP contribution in [0.1, 0.15) is 44.5 Å². The third kappa shape index (κ3) is 5.95. The summed E-state index contributed by atoms with van der Waals surface area (Å²) < 4.78 is 30.1. The third-order valence-electron chi connectivity index (χ3n) is 3.43. The number of ether oxygens (including phenoxy) is 1.